The van der Waals surface area contributed by atoms with E-state index in [0.717, 1.165) is 0 Å². The average molecular weight is 651 g/mol. The van der Waals surface area contributed by atoms with Crippen molar-refractivity contribution in [1.29, 1.82) is 0 Å². The summed E-state index contributed by atoms with van der Waals surface area (Å²) in [5.41, 5.74) is 7.12. The molecule has 3 heterocycles. The standard InChI is InChI=1S/C18H29N4O12P3S2/c1-5-11-7-22(17-15(11)16(19)20-9-21-17)14-6-12(30-10-38-39-18(2,3)4)13(32-14)8-31-36(26,27)34-37(28,29)33-35(23,24)25/h5,7,9,12-14H,1,6,8,10H2,2-4H3,(H,26,27)(H,28,29)(H2,19,20,21)(H2,23,24,25)/t12?,13-,14-/m1/s1. The molecule has 3 unspecified atom stereocenters. The SMILES string of the molecule is C=Cc1cn([C@H]2CC(OCSSC(C)(C)C)[C@@H](COP(=O)(O)OP(=O)(O)OP(=O)(O)O)O2)c2ncnc(N)c12. The van der Waals surface area contributed by atoms with E-state index in [1.54, 1.807) is 27.6 Å². The van der Waals surface area contributed by atoms with Crippen LogP contribution in [0.5, 0.6) is 0 Å². The van der Waals surface area contributed by atoms with E-state index in [1.807, 2.05) is 20.8 Å². The monoisotopic (exact) mass is 650 g/mol. The highest BCUT2D eigenvalue weighted by molar-refractivity contribution is 8.77. The molecule has 0 aliphatic carbocycles. The smallest absolute Gasteiger partial charge is 0.383 e. The highest BCUT2D eigenvalue weighted by Gasteiger charge is 2.43. The zero-order valence-corrected chi connectivity index (χ0v) is 25.2. The first-order valence-corrected chi connectivity index (χ1v) is 17.8. The van der Waals surface area contributed by atoms with Crippen molar-refractivity contribution in [3.8, 4) is 0 Å². The fourth-order valence-corrected chi connectivity index (χ4v) is 8.53. The molecule has 6 N–H and O–H groups in total. The van der Waals surface area contributed by atoms with Gasteiger partial charge in [-0.25, -0.2) is 23.7 Å². The van der Waals surface area contributed by atoms with Gasteiger partial charge in [0.15, 0.2) is 0 Å². The van der Waals surface area contributed by atoms with Crippen LogP contribution in [0.15, 0.2) is 19.1 Å². The van der Waals surface area contributed by atoms with Crippen LogP contribution in [0.2, 0.25) is 0 Å². The highest BCUT2D eigenvalue weighted by atomic mass is 33.1. The number of nitrogens with two attached hydrogens (primary N) is 1. The van der Waals surface area contributed by atoms with Gasteiger partial charge < -0.3 is 39.3 Å². The van der Waals surface area contributed by atoms with Crippen molar-refractivity contribution in [2.24, 2.45) is 0 Å². The van der Waals surface area contributed by atoms with Crippen LogP contribution < -0.4 is 5.73 Å². The number of phosphoric acid groups is 3. The maximum absolute atomic E-state index is 12.3. The summed E-state index contributed by atoms with van der Waals surface area (Å²) in [4.78, 5) is 44.9. The van der Waals surface area contributed by atoms with Crippen molar-refractivity contribution < 1.29 is 55.9 Å². The van der Waals surface area contributed by atoms with Crippen LogP contribution in [-0.4, -0.2) is 63.6 Å². The molecule has 1 aliphatic rings. The number of aromatic nitrogens is 3. The lowest BCUT2D eigenvalue weighted by Crippen LogP contribution is -2.29. The molecule has 1 saturated heterocycles. The van der Waals surface area contributed by atoms with Gasteiger partial charge >= 0.3 is 23.5 Å². The third-order valence-corrected chi connectivity index (χ3v) is 11.6. The summed E-state index contributed by atoms with van der Waals surface area (Å²) in [5, 5.41) is 0.558. The first-order chi connectivity index (χ1) is 17.9. The molecular weight excluding hydrogens is 621 g/mol. The summed E-state index contributed by atoms with van der Waals surface area (Å²) < 4.78 is 60.7. The lowest BCUT2D eigenvalue weighted by Gasteiger charge is -2.22. The first-order valence-electron chi connectivity index (χ1n) is 11.0. The largest absolute Gasteiger partial charge is 0.490 e. The Balaban J connectivity index is 1.78. The van der Waals surface area contributed by atoms with Gasteiger partial charge in [0.05, 0.1) is 18.1 Å². The van der Waals surface area contributed by atoms with Crippen molar-refractivity contribution in [2.45, 2.75) is 50.4 Å². The molecule has 2 aromatic heterocycles. The Labute approximate surface area is 231 Å². The molecular formula is C18H29N4O12P3S2. The number of hydrogen-bond donors (Lipinski definition) is 5. The van der Waals surface area contributed by atoms with Gasteiger partial charge in [-0.05, 0) is 0 Å². The summed E-state index contributed by atoms with van der Waals surface area (Å²) in [6.45, 7) is 9.22. The van der Waals surface area contributed by atoms with Gasteiger partial charge in [-0.2, -0.15) is 8.62 Å². The molecule has 16 nitrogen and oxygen atoms in total. The fourth-order valence-electron chi connectivity index (χ4n) is 3.50. The lowest BCUT2D eigenvalue weighted by molar-refractivity contribution is -0.0520. The van der Waals surface area contributed by atoms with Crippen molar-refractivity contribution in [3.63, 3.8) is 0 Å². The maximum atomic E-state index is 12.3. The molecule has 0 amide bonds. The number of anilines is 1. The molecule has 0 spiro atoms. The maximum Gasteiger partial charge on any atom is 0.490 e. The quantitative estimate of drug-likeness (QED) is 0.0897. The number of nitrogen functional groups attached to an aromatic ring is 1. The molecule has 39 heavy (non-hydrogen) atoms. The Morgan fingerprint density at radius 1 is 1.21 bits per heavy atom. The fraction of sp³-hybridized carbons (Fsp3) is 0.556. The van der Waals surface area contributed by atoms with Gasteiger partial charge in [-0.15, -0.1) is 0 Å². The minimum Gasteiger partial charge on any atom is -0.383 e. The van der Waals surface area contributed by atoms with E-state index in [4.69, 9.17) is 29.5 Å². The second-order valence-corrected chi connectivity index (χ2v) is 16.5. The normalized spacial score (nSPS) is 23.5. The molecule has 1 aliphatic heterocycles. The van der Waals surface area contributed by atoms with Gasteiger partial charge in [-0.1, -0.05) is 55.0 Å². The van der Waals surface area contributed by atoms with E-state index >= 15 is 0 Å². The third kappa shape index (κ3) is 9.62. The number of fused-ring (bicyclic) bond motifs is 1. The van der Waals surface area contributed by atoms with Crippen LogP contribution in [0.3, 0.4) is 0 Å². The average Bonchev–Trinajstić information content (AvgIpc) is 3.34. The van der Waals surface area contributed by atoms with Crippen molar-refractivity contribution in [3.05, 3.63) is 24.7 Å². The number of rotatable bonds is 13. The minimum absolute atomic E-state index is 0.0374. The predicted octanol–water partition coefficient (Wildman–Crippen LogP) is 3.81. The topological polar surface area (TPSA) is 235 Å². The van der Waals surface area contributed by atoms with Crippen LogP contribution in [0.4, 0.5) is 5.82 Å². The van der Waals surface area contributed by atoms with E-state index < -0.39 is 48.5 Å². The molecule has 0 radical (unpaired) electrons. The highest BCUT2D eigenvalue weighted by Crippen LogP contribution is 2.66. The molecule has 2 aromatic rings. The van der Waals surface area contributed by atoms with Crippen LogP contribution >= 0.6 is 45.1 Å². The first kappa shape index (κ1) is 32.7. The summed E-state index contributed by atoms with van der Waals surface area (Å²) in [6, 6.07) is 0. The Kier molecular flexibility index (Phi) is 10.6. The van der Waals surface area contributed by atoms with Crippen LogP contribution in [0.25, 0.3) is 17.1 Å². The van der Waals surface area contributed by atoms with Gasteiger partial charge in [0.2, 0.25) is 0 Å². The van der Waals surface area contributed by atoms with Crippen molar-refractivity contribution in [2.75, 3.05) is 18.3 Å². The van der Waals surface area contributed by atoms with Gasteiger partial charge in [-0.3, -0.25) is 4.52 Å². The van der Waals surface area contributed by atoms with E-state index in [1.165, 1.54) is 17.1 Å². The van der Waals surface area contributed by atoms with Gasteiger partial charge in [0, 0.05) is 22.9 Å². The lowest BCUT2D eigenvalue weighted by atomic mass is 10.2. The van der Waals surface area contributed by atoms with E-state index in [0.29, 0.717) is 16.6 Å². The molecule has 0 aromatic carbocycles. The minimum atomic E-state index is -5.66. The van der Waals surface area contributed by atoms with E-state index in [9.17, 15) is 23.5 Å². The number of phosphoric ester groups is 1. The van der Waals surface area contributed by atoms with Crippen molar-refractivity contribution in [1.82, 2.24) is 14.5 Å². The molecule has 0 bridgehead atoms. The summed E-state index contributed by atoms with van der Waals surface area (Å²) in [6.07, 6.45) is 2.46. The molecule has 220 valence electrons. The molecule has 1 fully saturated rings. The number of hydrogen-bond acceptors (Lipinski definition) is 13. The van der Waals surface area contributed by atoms with E-state index in [2.05, 4.69) is 25.2 Å². The Bertz CT molecular complexity index is 1330. The summed E-state index contributed by atoms with van der Waals surface area (Å²) in [7, 11) is -13.5. The van der Waals surface area contributed by atoms with Crippen LogP contribution in [0, 0.1) is 0 Å². The number of ether oxygens (including phenoxy) is 2. The molecule has 5 atom stereocenters. The predicted molar refractivity (Wildman–Crippen MR) is 145 cm³/mol. The van der Waals surface area contributed by atoms with Gasteiger partial charge in [0.1, 0.15) is 36.1 Å². The van der Waals surface area contributed by atoms with Crippen molar-refractivity contribution >= 4 is 68.0 Å². The number of nitrogens with zero attached hydrogens (tertiary/aromatic N) is 3. The second kappa shape index (κ2) is 12.6. The van der Waals surface area contributed by atoms with Crippen LogP contribution in [-0.2, 0) is 36.3 Å². The second-order valence-electron chi connectivity index (χ2n) is 9.04. The van der Waals surface area contributed by atoms with Crippen LogP contribution in [0.1, 0.15) is 39.0 Å². The molecule has 3 rings (SSSR count). The summed E-state index contributed by atoms with van der Waals surface area (Å²) >= 11 is 0. The van der Waals surface area contributed by atoms with Gasteiger partial charge in [0.25, 0.3) is 0 Å². The summed E-state index contributed by atoms with van der Waals surface area (Å²) in [5.74, 6) is 0.465. The molecule has 21 heteroatoms. The zero-order chi connectivity index (χ0) is 29.2. The molecule has 0 saturated carbocycles. The third-order valence-electron chi connectivity index (χ3n) is 4.84. The van der Waals surface area contributed by atoms with E-state index in [-0.39, 0.29) is 22.9 Å². The Morgan fingerprint density at radius 2 is 1.90 bits per heavy atom. The Hall–Kier alpha value is -0.810. The Morgan fingerprint density at radius 3 is 2.51 bits per heavy atom. The zero-order valence-electron chi connectivity index (χ0n) is 20.9.